The molecule has 2 rings (SSSR count). The SMILES string of the molecule is CCC(O)C(C)C(C)CO.O=C(O)c1ccccc1.O=C(O)c1ccccc1. The molecule has 0 saturated carbocycles. The summed E-state index contributed by atoms with van der Waals surface area (Å²) in [6.45, 7) is 6.03. The molecule has 2 aromatic rings. The summed E-state index contributed by atoms with van der Waals surface area (Å²) in [5.74, 6) is -1.35. The van der Waals surface area contributed by atoms with Crippen LogP contribution in [0.15, 0.2) is 60.7 Å². The van der Waals surface area contributed by atoms with E-state index in [0.29, 0.717) is 11.1 Å². The van der Waals surface area contributed by atoms with Crippen LogP contribution in [0.4, 0.5) is 0 Å². The van der Waals surface area contributed by atoms with E-state index in [0.717, 1.165) is 6.42 Å². The molecule has 0 fully saturated rings. The third-order valence-electron chi connectivity index (χ3n) is 4.25. The molecule has 0 aliphatic carbocycles. The molecule has 0 radical (unpaired) electrons. The zero-order chi connectivity index (χ0) is 21.5. The monoisotopic (exact) mass is 390 g/mol. The topological polar surface area (TPSA) is 115 Å². The molecular formula is C22H30O6. The van der Waals surface area contributed by atoms with Crippen molar-refractivity contribution in [3.05, 3.63) is 71.8 Å². The van der Waals surface area contributed by atoms with E-state index in [2.05, 4.69) is 0 Å². The van der Waals surface area contributed by atoms with Gasteiger partial charge in [0.05, 0.1) is 17.2 Å². The predicted octanol–water partition coefficient (Wildman–Crippen LogP) is 3.79. The lowest BCUT2D eigenvalue weighted by atomic mass is 9.90. The van der Waals surface area contributed by atoms with Gasteiger partial charge in [-0.25, -0.2) is 9.59 Å². The number of aliphatic hydroxyl groups is 2. The molecule has 3 unspecified atom stereocenters. The van der Waals surface area contributed by atoms with E-state index in [1.54, 1.807) is 60.7 Å². The quantitative estimate of drug-likeness (QED) is 0.596. The minimum absolute atomic E-state index is 0.165. The minimum Gasteiger partial charge on any atom is -0.478 e. The van der Waals surface area contributed by atoms with Crippen molar-refractivity contribution in [2.75, 3.05) is 6.61 Å². The molecule has 0 heterocycles. The first-order valence-corrected chi connectivity index (χ1v) is 9.10. The maximum Gasteiger partial charge on any atom is 0.335 e. The van der Waals surface area contributed by atoms with Crippen molar-refractivity contribution in [3.8, 4) is 0 Å². The fourth-order valence-corrected chi connectivity index (χ4v) is 2.08. The standard InChI is InChI=1S/C8H18O2.2C7H6O2/c1-4-8(10)7(3)6(2)5-9;2*8-7(9)6-4-2-1-3-5-6/h6-10H,4-5H2,1-3H3;2*1-5H,(H,8,9). The number of aromatic carboxylic acids is 2. The average molecular weight is 390 g/mol. The molecule has 0 aliphatic rings. The van der Waals surface area contributed by atoms with Crippen LogP contribution in [0, 0.1) is 11.8 Å². The predicted molar refractivity (Wildman–Crippen MR) is 109 cm³/mol. The van der Waals surface area contributed by atoms with Gasteiger partial charge in [-0.05, 0) is 42.5 Å². The molecule has 4 N–H and O–H groups in total. The molecule has 154 valence electrons. The highest BCUT2D eigenvalue weighted by atomic mass is 16.4. The smallest absolute Gasteiger partial charge is 0.335 e. The summed E-state index contributed by atoms with van der Waals surface area (Å²) in [6.07, 6.45) is 0.507. The first kappa shape index (κ1) is 25.3. The van der Waals surface area contributed by atoms with Crippen LogP contribution in [0.2, 0.25) is 0 Å². The first-order valence-electron chi connectivity index (χ1n) is 9.10. The van der Waals surface area contributed by atoms with Crippen LogP contribution in [0.25, 0.3) is 0 Å². The number of hydrogen-bond acceptors (Lipinski definition) is 4. The zero-order valence-electron chi connectivity index (χ0n) is 16.5. The van der Waals surface area contributed by atoms with Crippen LogP contribution in [0.3, 0.4) is 0 Å². The van der Waals surface area contributed by atoms with Crippen LogP contribution >= 0.6 is 0 Å². The summed E-state index contributed by atoms with van der Waals surface area (Å²) in [5.41, 5.74) is 0.662. The van der Waals surface area contributed by atoms with Gasteiger partial charge in [-0.2, -0.15) is 0 Å². The van der Waals surface area contributed by atoms with Gasteiger partial charge in [0.15, 0.2) is 0 Å². The summed E-state index contributed by atoms with van der Waals surface area (Å²) in [4.78, 5) is 20.4. The molecule has 0 aromatic heterocycles. The van der Waals surface area contributed by atoms with E-state index in [9.17, 15) is 14.7 Å². The number of hydrogen-bond donors (Lipinski definition) is 4. The van der Waals surface area contributed by atoms with Crippen molar-refractivity contribution >= 4 is 11.9 Å². The Morgan fingerprint density at radius 1 is 0.821 bits per heavy atom. The Labute approximate surface area is 166 Å². The Kier molecular flexibility index (Phi) is 13.0. The second-order valence-electron chi connectivity index (χ2n) is 6.34. The third kappa shape index (κ3) is 10.4. The van der Waals surface area contributed by atoms with Crippen LogP contribution in [0.1, 0.15) is 47.9 Å². The summed E-state index contributed by atoms with van der Waals surface area (Å²) in [7, 11) is 0. The Morgan fingerprint density at radius 2 is 1.18 bits per heavy atom. The van der Waals surface area contributed by atoms with Crippen LogP contribution in [-0.4, -0.2) is 45.1 Å². The minimum atomic E-state index is -0.879. The van der Waals surface area contributed by atoms with Crippen molar-refractivity contribution < 1.29 is 30.0 Å². The van der Waals surface area contributed by atoms with E-state index in [-0.39, 0.29) is 24.5 Å². The van der Waals surface area contributed by atoms with E-state index in [1.165, 1.54) is 0 Å². The summed E-state index contributed by atoms with van der Waals surface area (Å²) >= 11 is 0. The summed E-state index contributed by atoms with van der Waals surface area (Å²) in [6, 6.07) is 16.6. The lowest BCUT2D eigenvalue weighted by Crippen LogP contribution is -2.25. The molecule has 0 spiro atoms. The third-order valence-corrected chi connectivity index (χ3v) is 4.25. The number of carbonyl (C=O) groups is 2. The zero-order valence-corrected chi connectivity index (χ0v) is 16.5. The Hall–Kier alpha value is -2.70. The molecule has 28 heavy (non-hydrogen) atoms. The van der Waals surface area contributed by atoms with E-state index in [1.807, 2.05) is 20.8 Å². The van der Waals surface area contributed by atoms with Crippen molar-refractivity contribution in [2.45, 2.75) is 33.3 Å². The van der Waals surface area contributed by atoms with Gasteiger partial charge in [-0.3, -0.25) is 0 Å². The number of aliphatic hydroxyl groups excluding tert-OH is 2. The van der Waals surface area contributed by atoms with E-state index < -0.39 is 11.9 Å². The van der Waals surface area contributed by atoms with E-state index >= 15 is 0 Å². The second kappa shape index (κ2) is 14.4. The van der Waals surface area contributed by atoms with Crippen LogP contribution in [-0.2, 0) is 0 Å². The summed E-state index contributed by atoms with van der Waals surface area (Å²) in [5, 5.41) is 34.8. The molecule has 6 nitrogen and oxygen atoms in total. The van der Waals surface area contributed by atoms with Gasteiger partial charge >= 0.3 is 11.9 Å². The first-order chi connectivity index (χ1) is 13.2. The highest BCUT2D eigenvalue weighted by Crippen LogP contribution is 2.16. The van der Waals surface area contributed by atoms with Gasteiger partial charge in [-0.1, -0.05) is 57.2 Å². The van der Waals surface area contributed by atoms with Gasteiger partial charge in [0.1, 0.15) is 0 Å². The molecule has 0 bridgehead atoms. The fourth-order valence-electron chi connectivity index (χ4n) is 2.08. The number of benzene rings is 2. The largest absolute Gasteiger partial charge is 0.478 e. The maximum absolute atomic E-state index is 10.2. The molecular weight excluding hydrogens is 360 g/mol. The van der Waals surface area contributed by atoms with Gasteiger partial charge in [-0.15, -0.1) is 0 Å². The van der Waals surface area contributed by atoms with Crippen molar-refractivity contribution in [1.29, 1.82) is 0 Å². The normalized spacial score (nSPS) is 12.9. The van der Waals surface area contributed by atoms with Crippen molar-refractivity contribution in [1.82, 2.24) is 0 Å². The number of carboxylic acids is 2. The lowest BCUT2D eigenvalue weighted by Gasteiger charge is -2.22. The summed E-state index contributed by atoms with van der Waals surface area (Å²) < 4.78 is 0. The maximum atomic E-state index is 10.2. The Balaban J connectivity index is 0.000000391. The number of rotatable bonds is 6. The molecule has 6 heteroatoms. The highest BCUT2D eigenvalue weighted by molar-refractivity contribution is 5.87. The highest BCUT2D eigenvalue weighted by Gasteiger charge is 2.17. The molecule has 0 aliphatic heterocycles. The van der Waals surface area contributed by atoms with Crippen molar-refractivity contribution in [3.63, 3.8) is 0 Å². The molecule has 3 atom stereocenters. The average Bonchev–Trinajstić information content (AvgIpc) is 2.74. The van der Waals surface area contributed by atoms with Crippen molar-refractivity contribution in [2.24, 2.45) is 11.8 Å². The second-order valence-corrected chi connectivity index (χ2v) is 6.34. The van der Waals surface area contributed by atoms with Gasteiger partial charge in [0.2, 0.25) is 0 Å². The number of carboxylic acid groups (broad SMARTS) is 2. The fraction of sp³-hybridized carbons (Fsp3) is 0.364. The molecule has 0 saturated heterocycles. The van der Waals surface area contributed by atoms with Crippen LogP contribution in [0.5, 0.6) is 0 Å². The van der Waals surface area contributed by atoms with Gasteiger partial charge < -0.3 is 20.4 Å². The molecule has 0 amide bonds. The van der Waals surface area contributed by atoms with Gasteiger partial charge in [0, 0.05) is 6.61 Å². The van der Waals surface area contributed by atoms with Crippen LogP contribution < -0.4 is 0 Å². The van der Waals surface area contributed by atoms with E-state index in [4.69, 9.17) is 15.3 Å². The Morgan fingerprint density at radius 3 is 1.39 bits per heavy atom. The molecule has 2 aromatic carbocycles. The Bertz CT molecular complexity index is 612. The van der Waals surface area contributed by atoms with Gasteiger partial charge in [0.25, 0.3) is 0 Å². The lowest BCUT2D eigenvalue weighted by molar-refractivity contribution is 0.0621.